The first-order valence-corrected chi connectivity index (χ1v) is 11.3. The average molecular weight is 399 g/mol. The van der Waals surface area contributed by atoms with Gasteiger partial charge < -0.3 is 9.47 Å². The second kappa shape index (κ2) is 18.9. The lowest BCUT2D eigenvalue weighted by Crippen LogP contribution is -2.22. The Kier molecular flexibility index (Phi) is 18.0. The minimum atomic E-state index is -0.755. The summed E-state index contributed by atoms with van der Waals surface area (Å²) >= 11 is 0. The number of rotatable bonds is 19. The van der Waals surface area contributed by atoms with Crippen LogP contribution < -0.4 is 0 Å². The first-order chi connectivity index (χ1) is 13.5. The number of Topliss-reactive ketones (excluding diaryl/α,β-unsaturated/α-hetero) is 1. The molecule has 0 aromatic carbocycles. The first kappa shape index (κ1) is 26.6. The van der Waals surface area contributed by atoms with Crippen LogP contribution in [0.4, 0.5) is 0 Å². The van der Waals surface area contributed by atoms with E-state index in [9.17, 15) is 14.4 Å². The fraction of sp³-hybridized carbons (Fsp3) is 0.870. The van der Waals surface area contributed by atoms with Gasteiger partial charge in [-0.25, -0.2) is 0 Å². The normalized spacial score (nSPS) is 11.8. The number of hydrogen-bond acceptors (Lipinski definition) is 5. The lowest BCUT2D eigenvalue weighted by atomic mass is 10.0. The van der Waals surface area contributed by atoms with Crippen molar-refractivity contribution in [3.8, 4) is 0 Å². The van der Waals surface area contributed by atoms with Gasteiger partial charge in [-0.15, -0.1) is 0 Å². The summed E-state index contributed by atoms with van der Waals surface area (Å²) in [5.41, 5.74) is 0. The zero-order valence-electron chi connectivity index (χ0n) is 18.4. The molecule has 0 spiro atoms. The van der Waals surface area contributed by atoms with Crippen LogP contribution in [0.2, 0.25) is 0 Å². The van der Waals surface area contributed by atoms with E-state index in [1.807, 2.05) is 0 Å². The summed E-state index contributed by atoms with van der Waals surface area (Å²) in [5, 5.41) is 0. The topological polar surface area (TPSA) is 69.7 Å². The Labute approximate surface area is 171 Å². The van der Waals surface area contributed by atoms with Crippen molar-refractivity contribution in [2.45, 2.75) is 123 Å². The number of unbranched alkanes of at least 4 members (excludes halogenated alkanes) is 12. The Morgan fingerprint density at radius 1 is 0.679 bits per heavy atom. The van der Waals surface area contributed by atoms with Crippen molar-refractivity contribution < 1.29 is 23.9 Å². The van der Waals surface area contributed by atoms with Crippen molar-refractivity contribution in [1.29, 1.82) is 0 Å². The molecule has 1 atom stereocenters. The predicted molar refractivity (Wildman–Crippen MR) is 112 cm³/mol. The van der Waals surface area contributed by atoms with Gasteiger partial charge in [0.05, 0.1) is 19.4 Å². The summed E-state index contributed by atoms with van der Waals surface area (Å²) < 4.78 is 10.0. The molecule has 0 heterocycles. The lowest BCUT2D eigenvalue weighted by molar-refractivity contribution is -0.156. The highest BCUT2D eigenvalue weighted by Gasteiger charge is 2.15. The molecule has 0 fully saturated rings. The molecule has 1 unspecified atom stereocenters. The Balaban J connectivity index is 3.34. The van der Waals surface area contributed by atoms with E-state index in [2.05, 4.69) is 6.92 Å². The lowest BCUT2D eigenvalue weighted by Gasteiger charge is -2.09. The van der Waals surface area contributed by atoms with Gasteiger partial charge in [-0.05, 0) is 20.3 Å². The van der Waals surface area contributed by atoms with Crippen LogP contribution in [0, 0.1) is 0 Å². The van der Waals surface area contributed by atoms with Crippen LogP contribution >= 0.6 is 0 Å². The molecule has 0 rings (SSSR count). The van der Waals surface area contributed by atoms with Gasteiger partial charge in [-0.3, -0.25) is 14.4 Å². The summed E-state index contributed by atoms with van der Waals surface area (Å²) in [6.07, 6.45) is 15.8. The highest BCUT2D eigenvalue weighted by atomic mass is 16.5. The molecule has 5 heteroatoms. The molecular weight excluding hydrogens is 356 g/mol. The monoisotopic (exact) mass is 398 g/mol. The van der Waals surface area contributed by atoms with Crippen LogP contribution in [0.15, 0.2) is 0 Å². The van der Waals surface area contributed by atoms with Crippen LogP contribution in [0.5, 0.6) is 0 Å². The zero-order chi connectivity index (χ0) is 21.0. The van der Waals surface area contributed by atoms with Gasteiger partial charge in [-0.1, -0.05) is 84.0 Å². The molecular formula is C23H42O5. The third-order valence-electron chi connectivity index (χ3n) is 4.92. The second-order valence-corrected chi connectivity index (χ2v) is 7.71. The smallest absolute Gasteiger partial charge is 0.307 e. The van der Waals surface area contributed by atoms with Crippen molar-refractivity contribution in [3.05, 3.63) is 0 Å². The quantitative estimate of drug-likeness (QED) is 0.199. The number of carbonyl (C=O) groups is 3. The van der Waals surface area contributed by atoms with E-state index in [4.69, 9.17) is 9.47 Å². The molecule has 0 aromatic rings. The fourth-order valence-corrected chi connectivity index (χ4v) is 2.92. The molecule has 0 aliphatic carbocycles. The molecule has 164 valence electrons. The molecule has 0 aliphatic rings. The van der Waals surface area contributed by atoms with Crippen LogP contribution in [0.3, 0.4) is 0 Å². The van der Waals surface area contributed by atoms with E-state index in [0.717, 1.165) is 12.8 Å². The van der Waals surface area contributed by atoms with E-state index in [1.165, 1.54) is 84.5 Å². The largest absolute Gasteiger partial charge is 0.466 e. The number of hydrogen-bond donors (Lipinski definition) is 0. The average Bonchev–Trinajstić information content (AvgIpc) is 2.66. The maximum absolute atomic E-state index is 11.6. The molecule has 0 aromatic heterocycles. The second-order valence-electron chi connectivity index (χ2n) is 7.71. The third kappa shape index (κ3) is 18.0. The minimum absolute atomic E-state index is 0.00189. The van der Waals surface area contributed by atoms with Crippen molar-refractivity contribution in [3.63, 3.8) is 0 Å². The van der Waals surface area contributed by atoms with Crippen molar-refractivity contribution in [2.75, 3.05) is 6.61 Å². The molecule has 0 N–H and O–H groups in total. The number of ketones is 1. The molecule has 0 bridgehead atoms. The molecule has 0 radical (unpaired) electrons. The van der Waals surface area contributed by atoms with Gasteiger partial charge in [0.2, 0.25) is 0 Å². The highest BCUT2D eigenvalue weighted by Crippen LogP contribution is 2.12. The van der Waals surface area contributed by atoms with Crippen molar-refractivity contribution in [1.82, 2.24) is 0 Å². The van der Waals surface area contributed by atoms with E-state index < -0.39 is 12.1 Å². The first-order valence-electron chi connectivity index (χ1n) is 11.3. The van der Waals surface area contributed by atoms with Gasteiger partial charge in [0, 0.05) is 0 Å². The number of carbonyl (C=O) groups excluding carboxylic acids is 3. The molecule has 0 amide bonds. The van der Waals surface area contributed by atoms with Gasteiger partial charge >= 0.3 is 11.9 Å². The molecule has 0 aliphatic heterocycles. The van der Waals surface area contributed by atoms with Gasteiger partial charge in [0.1, 0.15) is 0 Å². The Morgan fingerprint density at radius 3 is 1.57 bits per heavy atom. The van der Waals surface area contributed by atoms with Crippen LogP contribution in [-0.2, 0) is 23.9 Å². The Bertz CT molecular complexity index is 419. The SMILES string of the molecule is CCCCCCCCCCCCCCCOC(=O)CCC(=O)OC(C)C(C)=O. The zero-order valence-corrected chi connectivity index (χ0v) is 18.4. The van der Waals surface area contributed by atoms with Crippen LogP contribution in [0.1, 0.15) is 117 Å². The van der Waals surface area contributed by atoms with E-state index in [1.54, 1.807) is 0 Å². The van der Waals surface area contributed by atoms with Crippen molar-refractivity contribution >= 4 is 17.7 Å². The van der Waals surface area contributed by atoms with Crippen molar-refractivity contribution in [2.24, 2.45) is 0 Å². The molecule has 5 nitrogen and oxygen atoms in total. The summed E-state index contributed by atoms with van der Waals surface area (Å²) in [7, 11) is 0. The molecule has 0 saturated heterocycles. The van der Waals surface area contributed by atoms with Gasteiger partial charge in [-0.2, -0.15) is 0 Å². The fourth-order valence-electron chi connectivity index (χ4n) is 2.92. The Morgan fingerprint density at radius 2 is 1.11 bits per heavy atom. The van der Waals surface area contributed by atoms with E-state index >= 15 is 0 Å². The summed E-state index contributed by atoms with van der Waals surface area (Å²) in [6, 6.07) is 0. The summed E-state index contributed by atoms with van der Waals surface area (Å²) in [5.74, 6) is -1.13. The van der Waals surface area contributed by atoms with Crippen LogP contribution in [-0.4, -0.2) is 30.4 Å². The number of esters is 2. The molecule has 0 saturated carbocycles. The maximum atomic E-state index is 11.6. The standard InChI is InChI=1S/C23H42O5/c1-4-5-6-7-8-9-10-11-12-13-14-15-16-19-27-22(25)17-18-23(26)28-21(3)20(2)24/h21H,4-19H2,1-3H3. The highest BCUT2D eigenvalue weighted by molar-refractivity contribution is 5.84. The minimum Gasteiger partial charge on any atom is -0.466 e. The van der Waals surface area contributed by atoms with Gasteiger partial charge in [0.15, 0.2) is 11.9 Å². The predicted octanol–water partition coefficient (Wildman–Crippen LogP) is 5.92. The maximum Gasteiger partial charge on any atom is 0.307 e. The summed E-state index contributed by atoms with van der Waals surface area (Å²) in [4.78, 5) is 34.1. The van der Waals surface area contributed by atoms with E-state index in [0.29, 0.717) is 6.61 Å². The third-order valence-corrected chi connectivity index (χ3v) is 4.92. The molecule has 28 heavy (non-hydrogen) atoms. The number of ether oxygens (including phenoxy) is 2. The van der Waals surface area contributed by atoms with E-state index in [-0.39, 0.29) is 24.6 Å². The van der Waals surface area contributed by atoms with Gasteiger partial charge in [0.25, 0.3) is 0 Å². The van der Waals surface area contributed by atoms with Crippen LogP contribution in [0.25, 0.3) is 0 Å². The Hall–Kier alpha value is -1.39. The summed E-state index contributed by atoms with van der Waals surface area (Å²) in [6.45, 7) is 5.55.